The van der Waals surface area contributed by atoms with Crippen molar-refractivity contribution in [1.82, 2.24) is 5.32 Å². The van der Waals surface area contributed by atoms with Crippen LogP contribution in [0, 0.1) is 23.7 Å². The van der Waals surface area contributed by atoms with Crippen LogP contribution in [0.4, 0.5) is 5.69 Å². The molecule has 2 saturated carbocycles. The number of anilines is 1. The Kier molecular flexibility index (Phi) is 7.06. The van der Waals surface area contributed by atoms with Crippen molar-refractivity contribution < 1.29 is 34.1 Å². The first kappa shape index (κ1) is 28.7. The van der Waals surface area contributed by atoms with E-state index in [2.05, 4.69) is 11.9 Å². The summed E-state index contributed by atoms with van der Waals surface area (Å²) in [6.07, 6.45) is 2.07. The van der Waals surface area contributed by atoms with Gasteiger partial charge in [-0.3, -0.25) is 24.8 Å². The second-order valence-electron chi connectivity index (χ2n) is 12.7. The van der Waals surface area contributed by atoms with Crippen LogP contribution in [-0.2, 0) is 29.5 Å². The summed E-state index contributed by atoms with van der Waals surface area (Å²) in [7, 11) is 1.69. The molecule has 41 heavy (non-hydrogen) atoms. The number of carbonyl (C=O) groups excluding carboxylic acids is 2. The van der Waals surface area contributed by atoms with Gasteiger partial charge in [0.15, 0.2) is 18.4 Å². The fraction of sp³-hybridized carbons (Fsp3) is 0.613. The van der Waals surface area contributed by atoms with Crippen LogP contribution in [-0.4, -0.2) is 59.3 Å². The van der Waals surface area contributed by atoms with Gasteiger partial charge in [0.05, 0.1) is 16.6 Å². The molecule has 2 heterocycles. The number of hydroxylamine groups is 1. The molecule has 3 aliphatic carbocycles. The van der Waals surface area contributed by atoms with Gasteiger partial charge in [-0.15, -0.1) is 0 Å². The van der Waals surface area contributed by atoms with Gasteiger partial charge in [-0.05, 0) is 63.0 Å². The molecule has 1 saturated heterocycles. The topological polar surface area (TPSA) is 118 Å². The molecule has 2 aliphatic heterocycles. The number of allylic oxidation sites excluding steroid dienone is 1. The Hall–Kier alpha value is -2.43. The van der Waals surface area contributed by atoms with Crippen molar-refractivity contribution in [2.24, 2.45) is 23.7 Å². The van der Waals surface area contributed by atoms with Crippen LogP contribution < -0.4 is 10.4 Å². The normalized spacial score (nSPS) is 39.6. The second kappa shape index (κ2) is 10.1. The van der Waals surface area contributed by atoms with Crippen molar-refractivity contribution >= 4 is 29.2 Å². The van der Waals surface area contributed by atoms with Gasteiger partial charge in [0, 0.05) is 24.9 Å². The number of aliphatic hydroxyl groups is 2. The predicted octanol–water partition coefficient (Wildman–Crippen LogP) is 3.76. The molecule has 0 spiro atoms. The zero-order valence-corrected chi connectivity index (χ0v) is 24.7. The number of nitrogens with one attached hydrogen (secondary N) is 1. The lowest BCUT2D eigenvalue weighted by molar-refractivity contribution is -0.222. The number of halogens is 1. The highest BCUT2D eigenvalue weighted by molar-refractivity contribution is 6.33. The maximum Gasteiger partial charge on any atom is 0.323 e. The van der Waals surface area contributed by atoms with Crippen molar-refractivity contribution in [2.45, 2.75) is 88.6 Å². The lowest BCUT2D eigenvalue weighted by Gasteiger charge is -2.55. The summed E-state index contributed by atoms with van der Waals surface area (Å²) in [6, 6.07) is 4.27. The monoisotopic (exact) mass is 586 g/mol. The van der Waals surface area contributed by atoms with E-state index < -0.39 is 41.6 Å². The molecule has 9 atom stereocenters. The molecule has 3 fully saturated rings. The van der Waals surface area contributed by atoms with Crippen LogP contribution in [0.15, 0.2) is 42.0 Å². The highest BCUT2D eigenvalue weighted by Gasteiger charge is 2.62. The third-order valence-electron chi connectivity index (χ3n) is 9.94. The number of esters is 2. The van der Waals surface area contributed by atoms with E-state index in [4.69, 9.17) is 25.9 Å². The molecule has 0 amide bonds. The van der Waals surface area contributed by atoms with Crippen LogP contribution >= 0.6 is 11.6 Å². The average Bonchev–Trinajstić information content (AvgIpc) is 3.70. The van der Waals surface area contributed by atoms with Crippen molar-refractivity contribution in [1.29, 1.82) is 0 Å². The summed E-state index contributed by atoms with van der Waals surface area (Å²) in [5.74, 6) is -1.76. The Morgan fingerprint density at radius 2 is 1.90 bits per heavy atom. The van der Waals surface area contributed by atoms with Gasteiger partial charge in [-0.1, -0.05) is 48.9 Å². The van der Waals surface area contributed by atoms with Crippen LogP contribution in [0.2, 0.25) is 5.02 Å². The Morgan fingerprint density at radius 3 is 2.59 bits per heavy atom. The minimum absolute atomic E-state index is 0.00851. The highest BCUT2D eigenvalue weighted by Crippen LogP contribution is 2.53. The lowest BCUT2D eigenvalue weighted by atomic mass is 9.56. The molecule has 0 radical (unpaired) electrons. The number of rotatable bonds is 5. The molecule has 1 aromatic carbocycles. The summed E-state index contributed by atoms with van der Waals surface area (Å²) in [5, 5.41) is 29.2. The fourth-order valence-electron chi connectivity index (χ4n) is 7.40. The number of benzene rings is 1. The van der Waals surface area contributed by atoms with E-state index in [0.29, 0.717) is 22.7 Å². The fourth-order valence-corrected chi connectivity index (χ4v) is 7.69. The third kappa shape index (κ3) is 4.52. The molecular formula is C31H39ClN2O7. The van der Waals surface area contributed by atoms with E-state index in [0.717, 1.165) is 30.4 Å². The standard InChI is InChI=1S/C31H39ClN2O7/c1-15(2)19-12-9-17(4)31(38)21(19)13-16(3)25(39-27(35)18-10-11-18)26(31)40-28(36)23-14-30(37)20-7-6-8-22(32)24(20)34(5)41-29(30)33-23/h6-8,13,17-19,21,23,25-26,29,33,37-38H,1,9-12,14H2,2-5H3/t17-,19+,21-,23+,25-,26+,29-,30-,31-/m1/s1. The zero-order valence-electron chi connectivity index (χ0n) is 23.9. The molecule has 0 unspecified atom stereocenters. The molecule has 1 aromatic rings. The number of hydrogen-bond donors (Lipinski definition) is 3. The summed E-state index contributed by atoms with van der Waals surface area (Å²) in [6.45, 7) is 9.94. The average molecular weight is 587 g/mol. The van der Waals surface area contributed by atoms with Crippen LogP contribution in [0.25, 0.3) is 0 Å². The Labute approximate surface area is 245 Å². The number of ether oxygens (including phenoxy) is 2. The molecule has 9 nitrogen and oxygen atoms in total. The maximum atomic E-state index is 13.9. The van der Waals surface area contributed by atoms with E-state index in [-0.39, 0.29) is 36.1 Å². The van der Waals surface area contributed by atoms with Gasteiger partial charge in [0.25, 0.3) is 0 Å². The number of carbonyl (C=O) groups is 2. The van der Waals surface area contributed by atoms with Crippen molar-refractivity contribution in [3.05, 3.63) is 52.6 Å². The SMILES string of the molecule is C=C(C)[C@@H]1CC[C@@H](C)[C@@]2(O)[C@@H]1C=C(C)[C@@H](OC(=O)C1CC1)[C@@H]2OC(=O)[C@@H]1C[C@@]2(O)c3cccc(Cl)c3N(C)O[C@H]2N1. The van der Waals surface area contributed by atoms with Crippen LogP contribution in [0.3, 0.4) is 0 Å². The van der Waals surface area contributed by atoms with Crippen LogP contribution in [0.1, 0.15) is 58.4 Å². The van der Waals surface area contributed by atoms with Gasteiger partial charge >= 0.3 is 11.9 Å². The molecule has 5 aliphatic rings. The summed E-state index contributed by atoms with van der Waals surface area (Å²) in [4.78, 5) is 32.7. The van der Waals surface area contributed by atoms with Crippen molar-refractivity contribution in [2.75, 3.05) is 12.1 Å². The highest BCUT2D eigenvalue weighted by atomic mass is 35.5. The summed E-state index contributed by atoms with van der Waals surface area (Å²) < 4.78 is 12.2. The molecule has 6 rings (SSSR count). The first-order valence-electron chi connectivity index (χ1n) is 14.5. The Morgan fingerprint density at radius 1 is 1.17 bits per heavy atom. The maximum absolute atomic E-state index is 13.9. The second-order valence-corrected chi connectivity index (χ2v) is 13.1. The van der Waals surface area contributed by atoms with E-state index in [1.54, 1.807) is 25.2 Å². The largest absolute Gasteiger partial charge is 0.454 e. The van der Waals surface area contributed by atoms with Gasteiger partial charge in [-0.25, -0.2) is 0 Å². The minimum Gasteiger partial charge on any atom is -0.454 e. The summed E-state index contributed by atoms with van der Waals surface area (Å²) >= 11 is 6.42. The quantitative estimate of drug-likeness (QED) is 0.350. The molecule has 3 N–H and O–H groups in total. The van der Waals surface area contributed by atoms with E-state index in [1.807, 2.05) is 26.8 Å². The zero-order chi connectivity index (χ0) is 29.4. The Balaban J connectivity index is 1.32. The minimum atomic E-state index is -1.54. The first-order chi connectivity index (χ1) is 19.4. The number of hydrogen-bond acceptors (Lipinski definition) is 9. The molecule has 0 aromatic heterocycles. The van der Waals surface area contributed by atoms with Gasteiger partial charge < -0.3 is 19.7 Å². The smallest absolute Gasteiger partial charge is 0.323 e. The van der Waals surface area contributed by atoms with E-state index >= 15 is 0 Å². The summed E-state index contributed by atoms with van der Waals surface area (Å²) in [5.41, 5.74) is -0.257. The molecular weight excluding hydrogens is 548 g/mol. The van der Waals surface area contributed by atoms with Gasteiger partial charge in [0.2, 0.25) is 0 Å². The predicted molar refractivity (Wildman–Crippen MR) is 152 cm³/mol. The number of nitrogens with zero attached hydrogens (tertiary/aromatic N) is 1. The van der Waals surface area contributed by atoms with Gasteiger partial charge in [-0.2, -0.15) is 0 Å². The number of para-hydroxylation sites is 1. The Bertz CT molecular complexity index is 1310. The van der Waals surface area contributed by atoms with E-state index in [9.17, 15) is 19.8 Å². The molecule has 0 bridgehead atoms. The van der Waals surface area contributed by atoms with Crippen molar-refractivity contribution in [3.63, 3.8) is 0 Å². The lowest BCUT2D eigenvalue weighted by Crippen LogP contribution is -2.66. The number of fused-ring (bicyclic) bond motifs is 4. The van der Waals surface area contributed by atoms with Crippen molar-refractivity contribution in [3.8, 4) is 0 Å². The van der Waals surface area contributed by atoms with Gasteiger partial charge in [0.1, 0.15) is 17.2 Å². The van der Waals surface area contributed by atoms with E-state index in [1.165, 1.54) is 5.06 Å². The third-order valence-corrected chi connectivity index (χ3v) is 10.2. The molecule has 10 heteroatoms. The van der Waals surface area contributed by atoms with Crippen LogP contribution in [0.5, 0.6) is 0 Å². The first-order valence-corrected chi connectivity index (χ1v) is 14.9. The molecule has 222 valence electrons.